The van der Waals surface area contributed by atoms with Crippen molar-refractivity contribution >= 4 is 42.7 Å². The lowest BCUT2D eigenvalue weighted by atomic mass is 9.87. The third kappa shape index (κ3) is 6.80. The number of hydrogen-bond donors (Lipinski definition) is 1. The van der Waals surface area contributed by atoms with Crippen molar-refractivity contribution in [2.75, 3.05) is 58.9 Å². The number of anilines is 1. The Morgan fingerprint density at radius 3 is 2.48 bits per heavy atom. The average Bonchev–Trinajstić information content (AvgIpc) is 3.61. The molecule has 0 bridgehead atoms. The smallest absolute Gasteiger partial charge is 0.243 e. The lowest BCUT2D eigenvalue weighted by molar-refractivity contribution is -0.118. The van der Waals surface area contributed by atoms with Crippen LogP contribution in [0.2, 0.25) is 0 Å². The molecule has 1 aromatic carbocycles. The van der Waals surface area contributed by atoms with Gasteiger partial charge in [0.1, 0.15) is 17.0 Å². The van der Waals surface area contributed by atoms with Gasteiger partial charge in [-0.25, -0.2) is 18.4 Å². The van der Waals surface area contributed by atoms with Crippen LogP contribution in [0, 0.1) is 5.92 Å². The molecular weight excluding hydrogens is 550 g/mol. The summed E-state index contributed by atoms with van der Waals surface area (Å²) in [4.78, 5) is 25.8. The number of carbonyl (C=O) groups is 1. The Hall–Kier alpha value is -2.64. The van der Waals surface area contributed by atoms with Crippen molar-refractivity contribution in [3.63, 3.8) is 0 Å². The third-order valence-corrected chi connectivity index (χ3v) is 10.5. The first kappa shape index (κ1) is 28.9. The van der Waals surface area contributed by atoms with E-state index < -0.39 is 15.9 Å². The molecule has 3 aromatic rings. The number of piperazine rings is 1. The van der Waals surface area contributed by atoms with Gasteiger partial charge < -0.3 is 19.7 Å². The first-order chi connectivity index (χ1) is 19.3. The molecule has 1 atom stereocenters. The van der Waals surface area contributed by atoms with E-state index in [9.17, 15) is 13.2 Å². The Balaban J connectivity index is 1.33. The number of thiazole rings is 1. The summed E-state index contributed by atoms with van der Waals surface area (Å²) in [6.07, 6.45) is 5.29. The maximum Gasteiger partial charge on any atom is 0.243 e. The van der Waals surface area contributed by atoms with Crippen LogP contribution in [0.5, 0.6) is 5.88 Å². The number of pyridine rings is 1. The van der Waals surface area contributed by atoms with Gasteiger partial charge in [0.15, 0.2) is 5.13 Å². The highest BCUT2D eigenvalue weighted by molar-refractivity contribution is 7.89. The van der Waals surface area contributed by atoms with Gasteiger partial charge in [0, 0.05) is 39.4 Å². The van der Waals surface area contributed by atoms with Crippen LogP contribution in [0.15, 0.2) is 41.3 Å². The highest BCUT2D eigenvalue weighted by atomic mass is 32.2. The number of carbonyl (C=O) groups excluding carboxylic acids is 1. The standard InChI is InChI=1S/C28H37N5O5S2/c1-32-13-15-33(16-14-32)40(35,36)22-9-7-21(8-10-22)23(19-20-5-3-4-6-20)26(34)31-28-29-24-11-12-25(30-27(24)39-28)38-18-17-37-2/h7-12,20,23H,3-6,13-19H2,1-2H3,(H,29,31,34). The molecular formula is C28H37N5O5S2. The fraction of sp³-hybridized carbons (Fsp3) is 0.536. The molecule has 1 N–H and O–H groups in total. The van der Waals surface area contributed by atoms with E-state index in [1.54, 1.807) is 41.7 Å². The molecule has 1 aliphatic carbocycles. The number of likely N-dealkylation sites (N-methyl/N-ethyl adjacent to an activating group) is 1. The van der Waals surface area contributed by atoms with Crippen molar-refractivity contribution in [3.05, 3.63) is 42.0 Å². The maximum absolute atomic E-state index is 13.6. The fourth-order valence-electron chi connectivity index (χ4n) is 5.38. The van der Waals surface area contributed by atoms with Gasteiger partial charge in [0.25, 0.3) is 0 Å². The van der Waals surface area contributed by atoms with Gasteiger partial charge in [-0.1, -0.05) is 49.2 Å². The van der Waals surface area contributed by atoms with Crippen molar-refractivity contribution in [1.82, 2.24) is 19.2 Å². The van der Waals surface area contributed by atoms with Crippen molar-refractivity contribution < 1.29 is 22.7 Å². The Morgan fingerprint density at radius 2 is 1.77 bits per heavy atom. The van der Waals surface area contributed by atoms with Crippen molar-refractivity contribution in [2.24, 2.45) is 5.92 Å². The lowest BCUT2D eigenvalue weighted by Gasteiger charge is -2.31. The molecule has 1 saturated heterocycles. The summed E-state index contributed by atoms with van der Waals surface area (Å²) >= 11 is 1.30. The van der Waals surface area contributed by atoms with E-state index in [0.29, 0.717) is 66.7 Å². The van der Waals surface area contributed by atoms with Crippen LogP contribution >= 0.6 is 11.3 Å². The van der Waals surface area contributed by atoms with E-state index in [0.717, 1.165) is 24.8 Å². The third-order valence-electron chi connectivity index (χ3n) is 7.74. The second-order valence-electron chi connectivity index (χ2n) is 10.5. The van der Waals surface area contributed by atoms with Crippen LogP contribution in [-0.2, 0) is 19.6 Å². The first-order valence-corrected chi connectivity index (χ1v) is 16.1. The van der Waals surface area contributed by atoms with Gasteiger partial charge in [-0.3, -0.25) is 4.79 Å². The van der Waals surface area contributed by atoms with E-state index in [1.165, 1.54) is 24.2 Å². The number of methoxy groups -OCH3 is 1. The molecule has 1 unspecified atom stereocenters. The van der Waals surface area contributed by atoms with E-state index in [1.807, 2.05) is 13.1 Å². The van der Waals surface area contributed by atoms with Crippen LogP contribution in [0.4, 0.5) is 5.13 Å². The lowest BCUT2D eigenvalue weighted by Crippen LogP contribution is -2.47. The van der Waals surface area contributed by atoms with Gasteiger partial charge in [-0.2, -0.15) is 4.31 Å². The normalized spacial score (nSPS) is 18.2. The fourth-order valence-corrected chi connectivity index (χ4v) is 7.63. The number of nitrogens with zero attached hydrogens (tertiary/aromatic N) is 4. The van der Waals surface area contributed by atoms with Crippen LogP contribution in [0.3, 0.4) is 0 Å². The molecule has 12 heteroatoms. The van der Waals surface area contributed by atoms with Gasteiger partial charge in [-0.05, 0) is 43.1 Å². The first-order valence-electron chi connectivity index (χ1n) is 13.8. The average molecular weight is 588 g/mol. The number of nitrogens with one attached hydrogen (secondary N) is 1. The minimum Gasteiger partial charge on any atom is -0.475 e. The van der Waals surface area contributed by atoms with Crippen molar-refractivity contribution in [3.8, 4) is 5.88 Å². The molecule has 0 spiro atoms. The summed E-state index contributed by atoms with van der Waals surface area (Å²) in [6, 6.07) is 10.5. The Kier molecular flexibility index (Phi) is 9.31. The predicted molar refractivity (Wildman–Crippen MR) is 155 cm³/mol. The number of aromatic nitrogens is 2. The van der Waals surface area contributed by atoms with E-state index in [2.05, 4.69) is 20.2 Å². The Morgan fingerprint density at radius 1 is 1.05 bits per heavy atom. The molecule has 216 valence electrons. The number of fused-ring (bicyclic) bond motifs is 1. The summed E-state index contributed by atoms with van der Waals surface area (Å²) in [6.45, 7) is 3.25. The summed E-state index contributed by atoms with van der Waals surface area (Å²) in [5, 5.41) is 3.49. The minimum atomic E-state index is -3.57. The molecule has 1 aliphatic heterocycles. The number of rotatable bonds is 11. The SMILES string of the molecule is COCCOc1ccc2nc(NC(=O)C(CC3CCCC3)c3ccc(S(=O)(=O)N4CCN(C)CC4)cc3)sc2n1. The van der Waals surface area contributed by atoms with Crippen LogP contribution < -0.4 is 10.1 Å². The largest absolute Gasteiger partial charge is 0.475 e. The molecule has 40 heavy (non-hydrogen) atoms. The molecule has 10 nitrogen and oxygen atoms in total. The highest BCUT2D eigenvalue weighted by Crippen LogP contribution is 2.36. The number of ether oxygens (including phenoxy) is 2. The topological polar surface area (TPSA) is 114 Å². The van der Waals surface area contributed by atoms with E-state index >= 15 is 0 Å². The van der Waals surface area contributed by atoms with Crippen LogP contribution in [-0.4, -0.2) is 87.0 Å². The maximum atomic E-state index is 13.6. The molecule has 3 heterocycles. The molecule has 2 fully saturated rings. The monoisotopic (exact) mass is 587 g/mol. The molecule has 0 radical (unpaired) electrons. The van der Waals surface area contributed by atoms with Crippen molar-refractivity contribution in [1.29, 1.82) is 0 Å². The van der Waals surface area contributed by atoms with E-state index in [4.69, 9.17) is 9.47 Å². The quantitative estimate of drug-likeness (QED) is 0.336. The molecule has 2 aliphatic rings. The van der Waals surface area contributed by atoms with Gasteiger partial charge in [0.05, 0.1) is 17.4 Å². The second kappa shape index (κ2) is 12.9. The number of sulfonamides is 1. The zero-order valence-electron chi connectivity index (χ0n) is 23.0. The predicted octanol–water partition coefficient (Wildman–Crippen LogP) is 3.96. The summed E-state index contributed by atoms with van der Waals surface area (Å²) < 4.78 is 38.6. The van der Waals surface area contributed by atoms with Crippen molar-refractivity contribution in [2.45, 2.75) is 42.9 Å². The number of benzene rings is 1. The summed E-state index contributed by atoms with van der Waals surface area (Å²) in [7, 11) is 0.0379. The summed E-state index contributed by atoms with van der Waals surface area (Å²) in [5.74, 6) is 0.402. The van der Waals surface area contributed by atoms with Gasteiger partial charge >= 0.3 is 0 Å². The van der Waals surface area contributed by atoms with Gasteiger partial charge in [0.2, 0.25) is 21.8 Å². The molecule has 1 saturated carbocycles. The number of hydrogen-bond acceptors (Lipinski definition) is 9. The second-order valence-corrected chi connectivity index (χ2v) is 13.5. The Bertz CT molecular complexity index is 1400. The van der Waals surface area contributed by atoms with Gasteiger partial charge in [-0.15, -0.1) is 0 Å². The zero-order valence-corrected chi connectivity index (χ0v) is 24.7. The molecule has 1 amide bonds. The van der Waals surface area contributed by atoms with E-state index in [-0.39, 0.29) is 10.8 Å². The minimum absolute atomic E-state index is 0.141. The molecule has 2 aromatic heterocycles. The van der Waals surface area contributed by atoms with Crippen LogP contribution in [0.1, 0.15) is 43.6 Å². The van der Waals surface area contributed by atoms with Crippen LogP contribution in [0.25, 0.3) is 10.3 Å². The number of amides is 1. The Labute approximate surface area is 239 Å². The highest BCUT2D eigenvalue weighted by Gasteiger charge is 2.30. The summed E-state index contributed by atoms with van der Waals surface area (Å²) in [5.41, 5.74) is 1.50. The zero-order chi connectivity index (χ0) is 28.1. The molecule has 5 rings (SSSR count).